The van der Waals surface area contributed by atoms with Gasteiger partial charge in [-0.3, -0.25) is 9.59 Å². The summed E-state index contributed by atoms with van der Waals surface area (Å²) in [6.07, 6.45) is 5.33. The number of benzene rings is 1. The summed E-state index contributed by atoms with van der Waals surface area (Å²) in [5, 5.41) is 3.45. The molecule has 1 saturated heterocycles. The van der Waals surface area contributed by atoms with E-state index < -0.39 is 5.97 Å². The number of anilines is 2. The van der Waals surface area contributed by atoms with E-state index in [0.29, 0.717) is 29.1 Å². The molecule has 6 nitrogen and oxygen atoms in total. The van der Waals surface area contributed by atoms with Gasteiger partial charge in [-0.1, -0.05) is 0 Å². The zero-order valence-electron chi connectivity index (χ0n) is 15.7. The van der Waals surface area contributed by atoms with Crippen LogP contribution in [0.15, 0.2) is 24.3 Å². The van der Waals surface area contributed by atoms with Crippen LogP contribution in [0.4, 0.5) is 10.7 Å². The Bertz CT molecular complexity index is 933. The smallest absolute Gasteiger partial charge is 0.341 e. The lowest BCUT2D eigenvalue weighted by Gasteiger charge is -2.15. The van der Waals surface area contributed by atoms with Crippen LogP contribution in [0.25, 0.3) is 0 Å². The van der Waals surface area contributed by atoms with E-state index in [0.717, 1.165) is 48.2 Å². The average molecular weight is 398 g/mol. The van der Waals surface area contributed by atoms with E-state index in [-0.39, 0.29) is 11.8 Å². The zero-order chi connectivity index (χ0) is 19.7. The minimum absolute atomic E-state index is 0.115. The highest BCUT2D eigenvalue weighted by molar-refractivity contribution is 7.17. The van der Waals surface area contributed by atoms with Crippen LogP contribution in [0.2, 0.25) is 0 Å². The monoisotopic (exact) mass is 398 g/mol. The van der Waals surface area contributed by atoms with Gasteiger partial charge in [0, 0.05) is 29.1 Å². The third kappa shape index (κ3) is 3.42. The molecule has 2 heterocycles. The molecule has 1 fully saturated rings. The van der Waals surface area contributed by atoms with Crippen molar-refractivity contribution in [1.29, 1.82) is 0 Å². The number of carbonyl (C=O) groups excluding carboxylic acids is 3. The number of nitrogens with one attached hydrogen (secondary N) is 1. The van der Waals surface area contributed by atoms with E-state index in [2.05, 4.69) is 5.32 Å². The topological polar surface area (TPSA) is 75.7 Å². The van der Waals surface area contributed by atoms with Gasteiger partial charge in [0.1, 0.15) is 5.00 Å². The van der Waals surface area contributed by atoms with E-state index in [9.17, 15) is 14.4 Å². The van der Waals surface area contributed by atoms with Crippen molar-refractivity contribution in [2.45, 2.75) is 38.5 Å². The molecule has 0 atom stereocenters. The molecule has 1 N–H and O–H groups in total. The largest absolute Gasteiger partial charge is 0.465 e. The molecular weight excluding hydrogens is 376 g/mol. The SMILES string of the molecule is COC(=O)c1c(NC(=O)c2ccc(N3CCCC3=O)cc2)sc2c1CCCC2. The van der Waals surface area contributed by atoms with Crippen LogP contribution >= 0.6 is 11.3 Å². The first-order chi connectivity index (χ1) is 13.6. The van der Waals surface area contributed by atoms with Crippen molar-refractivity contribution in [2.75, 3.05) is 23.9 Å². The third-order valence-electron chi connectivity index (χ3n) is 5.30. The van der Waals surface area contributed by atoms with E-state index in [4.69, 9.17) is 4.74 Å². The van der Waals surface area contributed by atoms with Gasteiger partial charge in [-0.25, -0.2) is 4.79 Å². The first kappa shape index (κ1) is 18.7. The maximum Gasteiger partial charge on any atom is 0.341 e. The average Bonchev–Trinajstić information content (AvgIpc) is 3.30. The van der Waals surface area contributed by atoms with Crippen molar-refractivity contribution in [3.63, 3.8) is 0 Å². The van der Waals surface area contributed by atoms with Crippen molar-refractivity contribution >= 4 is 39.8 Å². The summed E-state index contributed by atoms with van der Waals surface area (Å²) < 4.78 is 4.95. The maximum atomic E-state index is 12.7. The number of esters is 1. The fourth-order valence-corrected chi connectivity index (χ4v) is 5.13. The van der Waals surface area contributed by atoms with Gasteiger partial charge in [-0.05, 0) is 61.9 Å². The number of hydrogen-bond donors (Lipinski definition) is 1. The number of carbonyl (C=O) groups is 3. The predicted molar refractivity (Wildman–Crippen MR) is 108 cm³/mol. The zero-order valence-corrected chi connectivity index (χ0v) is 16.6. The molecule has 28 heavy (non-hydrogen) atoms. The number of fused-ring (bicyclic) bond motifs is 1. The highest BCUT2D eigenvalue weighted by Crippen LogP contribution is 2.38. The normalized spacial score (nSPS) is 16.0. The number of nitrogens with zero attached hydrogens (tertiary/aromatic N) is 1. The molecule has 2 aliphatic rings. The van der Waals surface area contributed by atoms with Crippen molar-refractivity contribution < 1.29 is 19.1 Å². The van der Waals surface area contributed by atoms with Gasteiger partial charge in [0.15, 0.2) is 0 Å². The molecule has 0 unspecified atom stereocenters. The van der Waals surface area contributed by atoms with E-state index in [1.807, 2.05) is 0 Å². The van der Waals surface area contributed by atoms with Crippen LogP contribution in [0, 0.1) is 0 Å². The van der Waals surface area contributed by atoms with Gasteiger partial charge in [0.2, 0.25) is 5.91 Å². The molecular formula is C21H22N2O4S. The van der Waals surface area contributed by atoms with Crippen molar-refractivity contribution in [2.24, 2.45) is 0 Å². The molecule has 0 radical (unpaired) electrons. The Kier molecular flexibility index (Phi) is 5.17. The summed E-state index contributed by atoms with van der Waals surface area (Å²) in [6, 6.07) is 7.00. The Morgan fingerprint density at radius 2 is 1.82 bits per heavy atom. The van der Waals surface area contributed by atoms with Crippen LogP contribution in [0.5, 0.6) is 0 Å². The second-order valence-electron chi connectivity index (χ2n) is 7.06. The lowest BCUT2D eigenvalue weighted by atomic mass is 9.95. The Labute approximate surface area is 167 Å². The first-order valence-corrected chi connectivity index (χ1v) is 10.3. The molecule has 1 aliphatic heterocycles. The molecule has 1 aromatic carbocycles. The molecule has 1 aliphatic carbocycles. The summed E-state index contributed by atoms with van der Waals surface area (Å²) in [5.74, 6) is -0.565. The summed E-state index contributed by atoms with van der Waals surface area (Å²) in [4.78, 5) is 39.8. The minimum Gasteiger partial charge on any atom is -0.465 e. The molecule has 146 valence electrons. The molecule has 0 spiro atoms. The number of rotatable bonds is 4. The van der Waals surface area contributed by atoms with Crippen LogP contribution in [-0.2, 0) is 22.4 Å². The number of hydrogen-bond acceptors (Lipinski definition) is 5. The fourth-order valence-electron chi connectivity index (χ4n) is 3.86. The molecule has 4 rings (SSSR count). The van der Waals surface area contributed by atoms with E-state index in [1.165, 1.54) is 18.4 Å². The van der Waals surface area contributed by atoms with Crippen molar-refractivity contribution in [3.8, 4) is 0 Å². The lowest BCUT2D eigenvalue weighted by Crippen LogP contribution is -2.23. The number of aryl methyl sites for hydroxylation is 1. The molecule has 7 heteroatoms. The summed E-state index contributed by atoms with van der Waals surface area (Å²) in [5.41, 5.74) is 2.80. The van der Waals surface area contributed by atoms with Gasteiger partial charge in [0.05, 0.1) is 12.7 Å². The Morgan fingerprint density at radius 3 is 2.50 bits per heavy atom. The molecule has 2 amide bonds. The van der Waals surface area contributed by atoms with Gasteiger partial charge in [-0.2, -0.15) is 0 Å². The second kappa shape index (κ2) is 7.75. The number of methoxy groups -OCH3 is 1. The number of amides is 2. The number of ether oxygens (including phenoxy) is 1. The highest BCUT2D eigenvalue weighted by atomic mass is 32.1. The molecule has 0 bridgehead atoms. The van der Waals surface area contributed by atoms with Gasteiger partial charge in [0.25, 0.3) is 5.91 Å². The first-order valence-electron chi connectivity index (χ1n) is 9.53. The van der Waals surface area contributed by atoms with Crippen LogP contribution < -0.4 is 10.2 Å². The second-order valence-corrected chi connectivity index (χ2v) is 8.16. The van der Waals surface area contributed by atoms with Gasteiger partial charge >= 0.3 is 5.97 Å². The summed E-state index contributed by atoms with van der Waals surface area (Å²) in [7, 11) is 1.36. The fraction of sp³-hybridized carbons (Fsp3) is 0.381. The van der Waals surface area contributed by atoms with E-state index >= 15 is 0 Å². The Balaban J connectivity index is 1.56. The van der Waals surface area contributed by atoms with E-state index in [1.54, 1.807) is 29.2 Å². The summed E-state index contributed by atoms with van der Waals surface area (Å²) in [6.45, 7) is 0.716. The van der Waals surface area contributed by atoms with Crippen molar-refractivity contribution in [3.05, 3.63) is 45.8 Å². The van der Waals surface area contributed by atoms with Gasteiger partial charge < -0.3 is 15.0 Å². The van der Waals surface area contributed by atoms with Gasteiger partial charge in [-0.15, -0.1) is 11.3 Å². The minimum atomic E-state index is -0.405. The standard InChI is InChI=1S/C21H22N2O4S/c1-27-21(26)18-15-5-2-3-6-16(15)28-20(18)22-19(25)13-8-10-14(11-9-13)23-12-4-7-17(23)24/h8-11H,2-7,12H2,1H3,(H,22,25). The molecule has 2 aromatic rings. The Hall–Kier alpha value is -2.67. The van der Waals surface area contributed by atoms with Crippen LogP contribution in [0.3, 0.4) is 0 Å². The molecule has 0 saturated carbocycles. The number of thiophene rings is 1. The maximum absolute atomic E-state index is 12.7. The molecule has 1 aromatic heterocycles. The summed E-state index contributed by atoms with van der Waals surface area (Å²) >= 11 is 1.47. The van der Waals surface area contributed by atoms with Crippen LogP contribution in [0.1, 0.15) is 56.8 Å². The van der Waals surface area contributed by atoms with Crippen LogP contribution in [-0.4, -0.2) is 31.4 Å². The quantitative estimate of drug-likeness (QED) is 0.795. The third-order valence-corrected chi connectivity index (χ3v) is 6.51. The van der Waals surface area contributed by atoms with Crippen molar-refractivity contribution in [1.82, 2.24) is 0 Å². The highest BCUT2D eigenvalue weighted by Gasteiger charge is 2.27. The lowest BCUT2D eigenvalue weighted by molar-refractivity contribution is -0.117. The predicted octanol–water partition coefficient (Wildman–Crippen LogP) is 3.79. The Morgan fingerprint density at radius 1 is 1.07 bits per heavy atom.